The van der Waals surface area contributed by atoms with Gasteiger partial charge in [-0.25, -0.2) is 4.79 Å². The minimum absolute atomic E-state index is 0.151. The van der Waals surface area contributed by atoms with E-state index in [9.17, 15) is 9.90 Å². The quantitative estimate of drug-likeness (QED) is 0.190. The van der Waals surface area contributed by atoms with Crippen LogP contribution in [-0.2, 0) is 9.53 Å². The van der Waals surface area contributed by atoms with Crippen molar-refractivity contribution in [1.82, 2.24) is 0 Å². The van der Waals surface area contributed by atoms with Gasteiger partial charge in [-0.05, 0) is 12.8 Å². The number of hydrogen-bond donors (Lipinski definition) is 1. The van der Waals surface area contributed by atoms with Crippen LogP contribution >= 0.6 is 0 Å². The maximum atomic E-state index is 11.5. The molecule has 150 valence electrons. The van der Waals surface area contributed by atoms with Crippen molar-refractivity contribution in [2.24, 2.45) is 0 Å². The number of esters is 1. The van der Waals surface area contributed by atoms with E-state index in [1.165, 1.54) is 89.9 Å². The van der Waals surface area contributed by atoms with E-state index in [1.807, 2.05) is 6.08 Å². The predicted molar refractivity (Wildman–Crippen MR) is 109 cm³/mol. The van der Waals surface area contributed by atoms with Crippen LogP contribution in [0.5, 0.6) is 0 Å². The van der Waals surface area contributed by atoms with Crippen LogP contribution < -0.4 is 0 Å². The number of carbonyl (C=O) groups is 1. The number of hydrogen-bond acceptors (Lipinski definition) is 3. The van der Waals surface area contributed by atoms with Gasteiger partial charge in [0.1, 0.15) is 11.9 Å². The fourth-order valence-electron chi connectivity index (χ4n) is 3.49. The molecular weight excluding hydrogens is 324 g/mol. The third-order valence-corrected chi connectivity index (χ3v) is 5.23. The first-order valence-corrected chi connectivity index (χ1v) is 11.0. The summed E-state index contributed by atoms with van der Waals surface area (Å²) in [7, 11) is 0. The summed E-state index contributed by atoms with van der Waals surface area (Å²) in [6.45, 7) is 5.80. The second-order valence-electron chi connectivity index (χ2n) is 7.66. The van der Waals surface area contributed by atoms with Crippen molar-refractivity contribution >= 4 is 5.97 Å². The molecule has 0 aliphatic carbocycles. The van der Waals surface area contributed by atoms with E-state index in [-0.39, 0.29) is 5.76 Å². The predicted octanol–water partition coefficient (Wildman–Crippen LogP) is 6.61. The number of unbranched alkanes of at least 4 members (excludes halogenated alkanes) is 15. The molecule has 1 N–H and O–H groups in total. The van der Waals surface area contributed by atoms with E-state index in [0.29, 0.717) is 5.57 Å². The smallest absolute Gasteiger partial charge is 0.341 e. The van der Waals surface area contributed by atoms with Gasteiger partial charge in [0, 0.05) is 0 Å². The van der Waals surface area contributed by atoms with Gasteiger partial charge in [0.05, 0.1) is 5.57 Å². The minimum Gasteiger partial charge on any atom is -0.425 e. The molecule has 0 aromatic rings. The Labute approximate surface area is 160 Å². The summed E-state index contributed by atoms with van der Waals surface area (Å²) in [5.74, 6) is -0.291. The third-order valence-electron chi connectivity index (χ3n) is 5.23. The molecule has 1 aliphatic heterocycles. The molecule has 0 saturated carbocycles. The molecule has 1 atom stereocenters. The van der Waals surface area contributed by atoms with Crippen molar-refractivity contribution in [3.05, 3.63) is 24.0 Å². The Balaban J connectivity index is 1.83. The van der Waals surface area contributed by atoms with Crippen LogP contribution in [-0.4, -0.2) is 17.2 Å². The molecule has 0 amide bonds. The lowest BCUT2D eigenvalue weighted by molar-refractivity contribution is -0.132. The Morgan fingerprint density at radius 3 is 1.65 bits per heavy atom. The zero-order valence-electron chi connectivity index (χ0n) is 16.9. The Morgan fingerprint density at radius 1 is 0.846 bits per heavy atom. The summed E-state index contributed by atoms with van der Waals surface area (Å²) in [5, 5.41) is 9.74. The monoisotopic (exact) mass is 364 g/mol. The summed E-state index contributed by atoms with van der Waals surface area (Å²) >= 11 is 0. The van der Waals surface area contributed by atoms with Crippen LogP contribution in [0.4, 0.5) is 0 Å². The molecular formula is C23H40O3. The van der Waals surface area contributed by atoms with Crippen molar-refractivity contribution in [2.75, 3.05) is 0 Å². The Bertz CT molecular complexity index is 425. The molecule has 1 heterocycles. The van der Waals surface area contributed by atoms with Gasteiger partial charge in [0.25, 0.3) is 0 Å². The summed E-state index contributed by atoms with van der Waals surface area (Å²) in [6.07, 6.45) is 21.9. The van der Waals surface area contributed by atoms with Gasteiger partial charge in [0.15, 0.2) is 0 Å². The molecule has 0 unspecified atom stereocenters. The highest BCUT2D eigenvalue weighted by Crippen LogP contribution is 2.23. The SMILES string of the molecule is C=C1OC(=O)/C(=C/CCCCCCCCCCCCCCCCC)[C@H]1O. The molecule has 0 aromatic carbocycles. The summed E-state index contributed by atoms with van der Waals surface area (Å²) in [4.78, 5) is 11.5. The second kappa shape index (κ2) is 15.0. The number of cyclic esters (lactones) is 1. The van der Waals surface area contributed by atoms with Crippen LogP contribution in [0.3, 0.4) is 0 Å². The molecule has 1 aliphatic rings. The topological polar surface area (TPSA) is 46.5 Å². The van der Waals surface area contributed by atoms with Crippen LogP contribution in [0, 0.1) is 0 Å². The summed E-state index contributed by atoms with van der Waals surface area (Å²) in [6, 6.07) is 0. The molecule has 0 aromatic heterocycles. The number of aliphatic hydroxyl groups is 1. The summed E-state index contributed by atoms with van der Waals surface area (Å²) in [5.41, 5.74) is 0.361. The van der Waals surface area contributed by atoms with Gasteiger partial charge in [-0.3, -0.25) is 0 Å². The van der Waals surface area contributed by atoms with Crippen LogP contribution in [0.1, 0.15) is 110 Å². The molecule has 1 saturated heterocycles. The molecule has 1 fully saturated rings. The fraction of sp³-hybridized carbons (Fsp3) is 0.783. The van der Waals surface area contributed by atoms with Gasteiger partial charge < -0.3 is 9.84 Å². The average Bonchev–Trinajstić information content (AvgIpc) is 2.87. The molecule has 0 bridgehead atoms. The molecule has 26 heavy (non-hydrogen) atoms. The highest BCUT2D eigenvalue weighted by molar-refractivity contribution is 5.93. The zero-order valence-corrected chi connectivity index (χ0v) is 16.9. The lowest BCUT2D eigenvalue weighted by Crippen LogP contribution is -2.07. The van der Waals surface area contributed by atoms with E-state index in [2.05, 4.69) is 13.5 Å². The second-order valence-corrected chi connectivity index (χ2v) is 7.66. The largest absolute Gasteiger partial charge is 0.425 e. The minimum atomic E-state index is -0.932. The molecule has 0 radical (unpaired) electrons. The normalized spacial score (nSPS) is 18.7. The highest BCUT2D eigenvalue weighted by Gasteiger charge is 2.32. The van der Waals surface area contributed by atoms with E-state index < -0.39 is 12.1 Å². The first-order valence-electron chi connectivity index (χ1n) is 11.0. The Kier molecular flexibility index (Phi) is 13.3. The summed E-state index contributed by atoms with van der Waals surface area (Å²) < 4.78 is 4.81. The lowest BCUT2D eigenvalue weighted by atomic mass is 10.0. The molecule has 3 nitrogen and oxygen atoms in total. The number of aliphatic hydroxyl groups excluding tert-OH is 1. The molecule has 1 rings (SSSR count). The van der Waals surface area contributed by atoms with Crippen molar-refractivity contribution in [2.45, 2.75) is 116 Å². The molecule has 3 heteroatoms. The van der Waals surface area contributed by atoms with Crippen LogP contribution in [0.15, 0.2) is 24.0 Å². The Hall–Kier alpha value is -1.09. The third kappa shape index (κ3) is 10.2. The van der Waals surface area contributed by atoms with Gasteiger partial charge in [0.2, 0.25) is 0 Å². The van der Waals surface area contributed by atoms with Crippen molar-refractivity contribution in [3.63, 3.8) is 0 Å². The standard InChI is InChI=1S/C23H40O3/c1-3-4-5-6-7-8-9-10-11-12-13-14-15-16-17-18-19-21-22(24)20(2)26-23(21)25/h19,22,24H,2-18H2,1H3/b21-19+/t22-/m0/s1. The maximum absolute atomic E-state index is 11.5. The van der Waals surface area contributed by atoms with Crippen molar-refractivity contribution in [3.8, 4) is 0 Å². The van der Waals surface area contributed by atoms with Crippen molar-refractivity contribution < 1.29 is 14.6 Å². The van der Waals surface area contributed by atoms with Gasteiger partial charge >= 0.3 is 5.97 Å². The first kappa shape index (κ1) is 23.0. The number of carbonyl (C=O) groups excluding carboxylic acids is 1. The first-order chi connectivity index (χ1) is 12.7. The fourth-order valence-corrected chi connectivity index (χ4v) is 3.49. The van der Waals surface area contributed by atoms with Crippen LogP contribution in [0.25, 0.3) is 0 Å². The molecule has 0 spiro atoms. The van der Waals surface area contributed by atoms with Crippen molar-refractivity contribution in [1.29, 1.82) is 0 Å². The number of rotatable bonds is 16. The van der Waals surface area contributed by atoms with Gasteiger partial charge in [-0.1, -0.05) is 109 Å². The average molecular weight is 365 g/mol. The van der Waals surface area contributed by atoms with Crippen LogP contribution in [0.2, 0.25) is 0 Å². The maximum Gasteiger partial charge on any atom is 0.341 e. The van der Waals surface area contributed by atoms with E-state index in [4.69, 9.17) is 4.74 Å². The number of allylic oxidation sites excluding steroid dienone is 1. The van der Waals surface area contributed by atoms with Gasteiger partial charge in [-0.15, -0.1) is 0 Å². The number of ether oxygens (including phenoxy) is 1. The van der Waals surface area contributed by atoms with Gasteiger partial charge in [-0.2, -0.15) is 0 Å². The Morgan fingerprint density at radius 2 is 1.27 bits per heavy atom. The van der Waals surface area contributed by atoms with E-state index in [0.717, 1.165) is 12.8 Å². The zero-order chi connectivity index (χ0) is 19.0. The van der Waals surface area contributed by atoms with E-state index >= 15 is 0 Å². The highest BCUT2D eigenvalue weighted by atomic mass is 16.6. The lowest BCUT2D eigenvalue weighted by Gasteiger charge is -2.03. The van der Waals surface area contributed by atoms with E-state index in [1.54, 1.807) is 0 Å².